The van der Waals surface area contributed by atoms with Crippen LogP contribution < -0.4 is 5.32 Å². The highest BCUT2D eigenvalue weighted by molar-refractivity contribution is 6.30. The van der Waals surface area contributed by atoms with Gasteiger partial charge < -0.3 is 10.1 Å². The van der Waals surface area contributed by atoms with E-state index in [4.69, 9.17) is 16.3 Å². The van der Waals surface area contributed by atoms with Gasteiger partial charge in [0, 0.05) is 17.6 Å². The lowest BCUT2D eigenvalue weighted by molar-refractivity contribution is 0.0372. The van der Waals surface area contributed by atoms with Crippen LogP contribution in [0.15, 0.2) is 24.3 Å². The second kappa shape index (κ2) is 7.70. The Balaban J connectivity index is 2.37. The Labute approximate surface area is 109 Å². The van der Waals surface area contributed by atoms with E-state index in [1.54, 1.807) is 0 Å². The topological polar surface area (TPSA) is 21.3 Å². The molecule has 1 aromatic carbocycles. The van der Waals surface area contributed by atoms with E-state index in [0.717, 1.165) is 23.6 Å². The number of hydrogen-bond acceptors (Lipinski definition) is 2. The molecule has 17 heavy (non-hydrogen) atoms. The van der Waals surface area contributed by atoms with Crippen molar-refractivity contribution in [1.82, 2.24) is 5.32 Å². The maximum Gasteiger partial charge on any atom is 0.0721 e. The van der Waals surface area contributed by atoms with Crippen LogP contribution in [0.5, 0.6) is 0 Å². The van der Waals surface area contributed by atoms with Crippen LogP contribution in [0.25, 0.3) is 0 Å². The zero-order valence-corrected chi connectivity index (χ0v) is 11.6. The third-order valence-corrected chi connectivity index (χ3v) is 2.82. The largest absolute Gasteiger partial charge is 0.372 e. The molecule has 0 heterocycles. The summed E-state index contributed by atoms with van der Waals surface area (Å²) in [6, 6.07) is 8.31. The Kier molecular flexibility index (Phi) is 6.56. The predicted octanol–water partition coefficient (Wildman–Crippen LogP) is 3.63. The van der Waals surface area contributed by atoms with Gasteiger partial charge in [-0.05, 0) is 24.1 Å². The highest BCUT2D eigenvalue weighted by Gasteiger charge is 2.07. The molecule has 0 saturated heterocycles. The molecule has 0 saturated carbocycles. The molecule has 0 aromatic heterocycles. The van der Waals surface area contributed by atoms with Gasteiger partial charge in [-0.2, -0.15) is 0 Å². The van der Waals surface area contributed by atoms with Gasteiger partial charge in [-0.15, -0.1) is 0 Å². The Morgan fingerprint density at radius 3 is 2.71 bits per heavy atom. The second-order valence-electron chi connectivity index (χ2n) is 4.53. The van der Waals surface area contributed by atoms with Gasteiger partial charge in [-0.1, -0.05) is 44.5 Å². The van der Waals surface area contributed by atoms with Crippen LogP contribution in [0.1, 0.15) is 32.8 Å². The zero-order valence-electron chi connectivity index (χ0n) is 10.9. The maximum atomic E-state index is 5.93. The van der Waals surface area contributed by atoms with Crippen molar-refractivity contribution in [2.24, 2.45) is 0 Å². The summed E-state index contributed by atoms with van der Waals surface area (Å²) in [5, 5.41) is 4.16. The monoisotopic (exact) mass is 255 g/mol. The van der Waals surface area contributed by atoms with Crippen molar-refractivity contribution in [3.05, 3.63) is 34.9 Å². The zero-order chi connectivity index (χ0) is 12.7. The summed E-state index contributed by atoms with van der Waals surface area (Å²) in [6.45, 7) is 7.95. The Morgan fingerprint density at radius 1 is 1.35 bits per heavy atom. The normalized spacial score (nSPS) is 13.0. The first-order valence-electron chi connectivity index (χ1n) is 6.21. The van der Waals surface area contributed by atoms with Crippen molar-refractivity contribution in [3.8, 4) is 0 Å². The molecule has 1 unspecified atom stereocenters. The van der Waals surface area contributed by atoms with E-state index in [2.05, 4.69) is 26.1 Å². The number of ether oxygens (including phenoxy) is 1. The van der Waals surface area contributed by atoms with Crippen LogP contribution in [0.2, 0.25) is 5.02 Å². The van der Waals surface area contributed by atoms with Gasteiger partial charge in [0.15, 0.2) is 0 Å². The molecule has 0 aliphatic heterocycles. The quantitative estimate of drug-likeness (QED) is 0.803. The van der Waals surface area contributed by atoms with Gasteiger partial charge in [0.2, 0.25) is 0 Å². The summed E-state index contributed by atoms with van der Waals surface area (Å²) in [6.07, 6.45) is 1.27. The Hall–Kier alpha value is -0.570. The summed E-state index contributed by atoms with van der Waals surface area (Å²) in [4.78, 5) is 0. The van der Waals surface area contributed by atoms with E-state index < -0.39 is 0 Å². The molecular formula is C14H22ClNO. The van der Waals surface area contributed by atoms with E-state index in [0.29, 0.717) is 12.6 Å². The molecule has 3 heteroatoms. The predicted molar refractivity (Wildman–Crippen MR) is 73.5 cm³/mol. The van der Waals surface area contributed by atoms with Crippen LogP contribution in [0.4, 0.5) is 0 Å². The maximum absolute atomic E-state index is 5.93. The van der Waals surface area contributed by atoms with Gasteiger partial charge in [0.1, 0.15) is 0 Å². The first-order valence-corrected chi connectivity index (χ1v) is 6.59. The Bertz CT molecular complexity index is 328. The van der Waals surface area contributed by atoms with Crippen LogP contribution >= 0.6 is 11.6 Å². The molecule has 1 atom stereocenters. The summed E-state index contributed by atoms with van der Waals surface area (Å²) >= 11 is 5.93. The molecule has 2 nitrogen and oxygen atoms in total. The molecular weight excluding hydrogens is 234 g/mol. The Morgan fingerprint density at radius 2 is 2.12 bits per heavy atom. The summed E-state index contributed by atoms with van der Waals surface area (Å²) in [7, 11) is 0. The lowest BCUT2D eigenvalue weighted by atomic mass is 10.2. The van der Waals surface area contributed by atoms with Gasteiger partial charge >= 0.3 is 0 Å². The fraction of sp³-hybridized carbons (Fsp3) is 0.571. The molecule has 0 radical (unpaired) electrons. The van der Waals surface area contributed by atoms with Crippen LogP contribution in [0, 0.1) is 0 Å². The summed E-state index contributed by atoms with van der Waals surface area (Å²) < 4.78 is 5.86. The number of nitrogens with one attached hydrogen (secondary N) is 1. The SMILES string of the molecule is CCC(CNC(C)C)OCc1cccc(Cl)c1. The fourth-order valence-electron chi connectivity index (χ4n) is 1.53. The minimum absolute atomic E-state index is 0.261. The van der Waals surface area contributed by atoms with Gasteiger partial charge in [-0.25, -0.2) is 0 Å². The molecule has 0 spiro atoms. The average molecular weight is 256 g/mol. The molecule has 0 aliphatic rings. The lowest BCUT2D eigenvalue weighted by Gasteiger charge is -2.18. The van der Waals surface area contributed by atoms with Crippen molar-refractivity contribution in [1.29, 1.82) is 0 Å². The first kappa shape index (κ1) is 14.5. The molecule has 0 aliphatic carbocycles. The summed E-state index contributed by atoms with van der Waals surface area (Å²) in [5.41, 5.74) is 1.13. The molecule has 0 amide bonds. The van der Waals surface area contributed by atoms with Gasteiger partial charge in [0.05, 0.1) is 12.7 Å². The fourth-order valence-corrected chi connectivity index (χ4v) is 1.74. The van der Waals surface area contributed by atoms with Crippen LogP contribution in [0.3, 0.4) is 0 Å². The molecule has 1 rings (SSSR count). The number of rotatable bonds is 7. The highest BCUT2D eigenvalue weighted by Crippen LogP contribution is 2.12. The first-order chi connectivity index (χ1) is 8.11. The standard InChI is InChI=1S/C14H22ClNO/c1-4-14(9-16-11(2)3)17-10-12-6-5-7-13(15)8-12/h5-8,11,14,16H,4,9-10H2,1-3H3. The number of hydrogen-bond donors (Lipinski definition) is 1. The minimum Gasteiger partial charge on any atom is -0.372 e. The van der Waals surface area contributed by atoms with Crippen LogP contribution in [-0.4, -0.2) is 18.7 Å². The molecule has 1 aromatic rings. The van der Waals surface area contributed by atoms with Crippen molar-refractivity contribution in [3.63, 3.8) is 0 Å². The number of benzene rings is 1. The van der Waals surface area contributed by atoms with E-state index in [9.17, 15) is 0 Å². The van der Waals surface area contributed by atoms with E-state index >= 15 is 0 Å². The van der Waals surface area contributed by atoms with Crippen molar-refractivity contribution in [2.45, 2.75) is 45.9 Å². The van der Waals surface area contributed by atoms with E-state index in [1.165, 1.54) is 0 Å². The molecule has 0 fully saturated rings. The van der Waals surface area contributed by atoms with Crippen molar-refractivity contribution >= 4 is 11.6 Å². The van der Waals surface area contributed by atoms with E-state index in [-0.39, 0.29) is 6.10 Å². The smallest absolute Gasteiger partial charge is 0.0721 e. The molecule has 0 bridgehead atoms. The van der Waals surface area contributed by atoms with Crippen LogP contribution in [-0.2, 0) is 11.3 Å². The van der Waals surface area contributed by atoms with Gasteiger partial charge in [0.25, 0.3) is 0 Å². The number of halogens is 1. The highest BCUT2D eigenvalue weighted by atomic mass is 35.5. The van der Waals surface area contributed by atoms with Gasteiger partial charge in [-0.3, -0.25) is 0 Å². The molecule has 96 valence electrons. The third kappa shape index (κ3) is 6.06. The summed E-state index contributed by atoms with van der Waals surface area (Å²) in [5.74, 6) is 0. The molecule has 1 N–H and O–H groups in total. The van der Waals surface area contributed by atoms with Crippen molar-refractivity contribution in [2.75, 3.05) is 6.54 Å². The van der Waals surface area contributed by atoms with E-state index in [1.807, 2.05) is 24.3 Å². The lowest BCUT2D eigenvalue weighted by Crippen LogP contribution is -2.33. The minimum atomic E-state index is 0.261. The average Bonchev–Trinajstić information content (AvgIpc) is 2.29. The van der Waals surface area contributed by atoms with Crippen molar-refractivity contribution < 1.29 is 4.74 Å². The second-order valence-corrected chi connectivity index (χ2v) is 4.97. The third-order valence-electron chi connectivity index (χ3n) is 2.58.